The Morgan fingerprint density at radius 2 is 1.74 bits per heavy atom. The third kappa shape index (κ3) is 8.93. The van der Waals surface area contributed by atoms with Gasteiger partial charge in [-0.05, 0) is 68.1 Å². The standard InChI is InChI=1S/C35H38N10O8S/c1-20-13-21(2)31(22(3)14-20)54(52,53)43-27(34(49)50)18-40-33(48)26-19-44(11-4-9-37-32(47)24-6-8-29(42-36)39-17-24)28-15-23(5-7-25(28)30(26)46)16-41-35-38-10-12-45(35)51/h5-8,10,12-15,17,19,27,36,43,51H,4,9,11,16,18H2,1-3H3,(H,37,47)(H,38,41)(H,40,48)(H,49,50). The van der Waals surface area contributed by atoms with Gasteiger partial charge in [0.25, 0.3) is 11.8 Å². The number of nitrogens with one attached hydrogen (secondary N) is 5. The lowest BCUT2D eigenvalue weighted by molar-refractivity contribution is -0.138. The van der Waals surface area contributed by atoms with E-state index in [1.807, 2.05) is 6.92 Å². The lowest BCUT2D eigenvalue weighted by Crippen LogP contribution is -2.49. The third-order valence-electron chi connectivity index (χ3n) is 8.38. The van der Waals surface area contributed by atoms with Crippen LogP contribution in [0.1, 0.15) is 49.4 Å². The number of fused-ring (bicyclic) bond motifs is 1. The molecule has 0 fully saturated rings. The van der Waals surface area contributed by atoms with E-state index in [2.05, 4.69) is 35.8 Å². The molecule has 2 amide bonds. The van der Waals surface area contributed by atoms with E-state index in [1.165, 1.54) is 43.0 Å². The first-order valence-electron chi connectivity index (χ1n) is 16.5. The average molecular weight is 759 g/mol. The van der Waals surface area contributed by atoms with Crippen molar-refractivity contribution in [3.05, 3.63) is 111 Å². The molecule has 2 aromatic carbocycles. The lowest BCUT2D eigenvalue weighted by atomic mass is 10.1. The Bertz CT molecular complexity index is 2390. The Labute approximate surface area is 308 Å². The minimum atomic E-state index is -4.32. The summed E-state index contributed by atoms with van der Waals surface area (Å²) in [6, 6.07) is 9.40. The van der Waals surface area contributed by atoms with Crippen molar-refractivity contribution in [2.75, 3.05) is 18.4 Å². The number of hydrogen-bond donors (Lipinski definition) is 7. The topological polar surface area (TPSA) is 263 Å². The minimum Gasteiger partial charge on any atom is -0.480 e. The zero-order valence-corrected chi connectivity index (χ0v) is 30.3. The predicted molar refractivity (Wildman–Crippen MR) is 196 cm³/mol. The predicted octanol–water partition coefficient (Wildman–Crippen LogP) is 3.01. The molecule has 0 aliphatic carbocycles. The SMILES string of the molecule is Cc1cc(C)c(S(=O)(=O)NC(CNC(=O)c2cn(CCCNC(=O)c3ccc(N=N)nc3)c3cc(CNc4nccn4O)ccc3c2=O)C(=O)O)c(C)c1. The average Bonchev–Trinajstić information content (AvgIpc) is 3.54. The Kier molecular flexibility index (Phi) is 11.8. The zero-order valence-electron chi connectivity index (χ0n) is 29.5. The normalized spacial score (nSPS) is 11.9. The summed E-state index contributed by atoms with van der Waals surface area (Å²) in [5, 5.41) is 31.3. The molecule has 54 heavy (non-hydrogen) atoms. The number of rotatable bonds is 16. The summed E-state index contributed by atoms with van der Waals surface area (Å²) in [7, 11) is -4.32. The van der Waals surface area contributed by atoms with Crippen LogP contribution in [0.2, 0.25) is 0 Å². The maximum Gasteiger partial charge on any atom is 0.323 e. The number of carboxylic acid groups (broad SMARTS) is 1. The Balaban J connectivity index is 1.37. The number of aromatic nitrogens is 4. The number of hydrogen-bond acceptors (Lipinski definition) is 12. The van der Waals surface area contributed by atoms with Crippen molar-refractivity contribution in [2.24, 2.45) is 5.11 Å². The highest BCUT2D eigenvalue weighted by molar-refractivity contribution is 7.89. The maximum atomic E-state index is 13.7. The second-order valence-electron chi connectivity index (χ2n) is 12.4. The smallest absolute Gasteiger partial charge is 0.323 e. The second kappa shape index (κ2) is 16.5. The van der Waals surface area contributed by atoms with Crippen molar-refractivity contribution in [2.45, 2.75) is 51.2 Å². The van der Waals surface area contributed by atoms with E-state index in [0.29, 0.717) is 28.6 Å². The number of carboxylic acids is 1. The van der Waals surface area contributed by atoms with Crippen molar-refractivity contribution in [3.8, 4) is 0 Å². The Morgan fingerprint density at radius 3 is 2.37 bits per heavy atom. The van der Waals surface area contributed by atoms with Crippen molar-refractivity contribution in [1.82, 2.24) is 34.6 Å². The highest BCUT2D eigenvalue weighted by Crippen LogP contribution is 2.22. The fourth-order valence-electron chi connectivity index (χ4n) is 5.94. The Hall–Kier alpha value is -6.47. The summed E-state index contributed by atoms with van der Waals surface area (Å²) < 4.78 is 31.2. The number of imidazole rings is 1. The molecular weight excluding hydrogens is 721 g/mol. The van der Waals surface area contributed by atoms with Crippen LogP contribution in [0.5, 0.6) is 0 Å². The van der Waals surface area contributed by atoms with E-state index in [1.54, 1.807) is 42.7 Å². The number of benzene rings is 2. The van der Waals surface area contributed by atoms with Crippen molar-refractivity contribution >= 4 is 50.5 Å². The summed E-state index contributed by atoms with van der Waals surface area (Å²) in [6.45, 7) is 4.97. The van der Waals surface area contributed by atoms with Gasteiger partial charge >= 0.3 is 5.97 Å². The summed E-state index contributed by atoms with van der Waals surface area (Å²) in [5.41, 5.74) is 9.16. The first-order chi connectivity index (χ1) is 25.7. The molecule has 0 radical (unpaired) electrons. The number of nitrogens with zero attached hydrogens (tertiary/aromatic N) is 5. The molecule has 7 N–H and O–H groups in total. The van der Waals surface area contributed by atoms with Crippen LogP contribution in [0.4, 0.5) is 11.8 Å². The van der Waals surface area contributed by atoms with Crippen LogP contribution < -0.4 is 26.1 Å². The molecule has 0 bridgehead atoms. The van der Waals surface area contributed by atoms with Gasteiger partial charge in [-0.25, -0.2) is 23.9 Å². The largest absolute Gasteiger partial charge is 0.480 e. The van der Waals surface area contributed by atoms with Crippen LogP contribution in [0.15, 0.2) is 82.1 Å². The summed E-state index contributed by atoms with van der Waals surface area (Å²) in [6.07, 6.45) is 5.73. The van der Waals surface area contributed by atoms with Crippen molar-refractivity contribution in [3.63, 3.8) is 0 Å². The van der Waals surface area contributed by atoms with Gasteiger partial charge < -0.3 is 30.8 Å². The van der Waals surface area contributed by atoms with Gasteiger partial charge in [-0.2, -0.15) is 9.45 Å². The number of aliphatic carboxylic acids is 1. The van der Waals surface area contributed by atoms with E-state index in [9.17, 15) is 37.9 Å². The molecule has 5 aromatic rings. The van der Waals surface area contributed by atoms with Gasteiger partial charge in [-0.1, -0.05) is 23.8 Å². The van der Waals surface area contributed by atoms with E-state index < -0.39 is 45.8 Å². The number of anilines is 1. The van der Waals surface area contributed by atoms with Crippen molar-refractivity contribution < 1.29 is 33.1 Å². The van der Waals surface area contributed by atoms with E-state index in [0.717, 1.165) is 10.3 Å². The fourth-order valence-corrected chi connectivity index (χ4v) is 7.59. The van der Waals surface area contributed by atoms with Crippen LogP contribution in [0, 0.1) is 26.3 Å². The van der Waals surface area contributed by atoms with Crippen LogP contribution in [0.25, 0.3) is 10.9 Å². The molecular formula is C35H38N10O8S. The molecule has 3 aromatic heterocycles. The highest BCUT2D eigenvalue weighted by atomic mass is 32.2. The molecule has 282 valence electrons. The van der Waals surface area contributed by atoms with Gasteiger partial charge in [0.1, 0.15) is 11.6 Å². The summed E-state index contributed by atoms with van der Waals surface area (Å²) in [4.78, 5) is 59.8. The minimum absolute atomic E-state index is 0.0647. The quantitative estimate of drug-likeness (QED) is 0.0437. The molecule has 0 saturated heterocycles. The van der Waals surface area contributed by atoms with E-state index in [4.69, 9.17) is 5.53 Å². The molecule has 18 nitrogen and oxygen atoms in total. The van der Waals surface area contributed by atoms with Gasteiger partial charge in [0.05, 0.1) is 28.4 Å². The first kappa shape index (κ1) is 38.8. The number of carbonyl (C=O) groups is 3. The Morgan fingerprint density at radius 1 is 1.00 bits per heavy atom. The van der Waals surface area contributed by atoms with E-state index in [-0.39, 0.29) is 52.8 Å². The van der Waals surface area contributed by atoms with Crippen LogP contribution in [-0.2, 0) is 27.9 Å². The number of aryl methyl sites for hydroxylation is 4. The number of pyridine rings is 2. The van der Waals surface area contributed by atoms with Crippen LogP contribution in [0.3, 0.4) is 0 Å². The first-order valence-corrected chi connectivity index (χ1v) is 18.0. The fraction of sp³-hybridized carbons (Fsp3) is 0.257. The molecule has 1 atom stereocenters. The molecule has 3 heterocycles. The monoisotopic (exact) mass is 758 g/mol. The summed E-state index contributed by atoms with van der Waals surface area (Å²) >= 11 is 0. The van der Waals surface area contributed by atoms with E-state index >= 15 is 0 Å². The third-order valence-corrected chi connectivity index (χ3v) is 10.2. The number of carbonyl (C=O) groups excluding carboxylic acids is 2. The zero-order chi connectivity index (χ0) is 39.2. The summed E-state index contributed by atoms with van der Waals surface area (Å²) in [5.74, 6) is -2.52. The van der Waals surface area contributed by atoms with Crippen LogP contribution >= 0.6 is 0 Å². The van der Waals surface area contributed by atoms with Gasteiger partial charge in [-0.15, -0.1) is 5.11 Å². The maximum absolute atomic E-state index is 13.7. The highest BCUT2D eigenvalue weighted by Gasteiger charge is 2.29. The van der Waals surface area contributed by atoms with Gasteiger partial charge in [-0.3, -0.25) is 19.2 Å². The molecule has 5 rings (SSSR count). The molecule has 0 saturated carbocycles. The lowest BCUT2D eigenvalue weighted by Gasteiger charge is -2.19. The molecule has 0 aliphatic heterocycles. The van der Waals surface area contributed by atoms with Gasteiger partial charge in [0, 0.05) is 44.0 Å². The van der Waals surface area contributed by atoms with Gasteiger partial charge in [0.15, 0.2) is 5.82 Å². The second-order valence-corrected chi connectivity index (χ2v) is 14.1. The van der Waals surface area contributed by atoms with Crippen molar-refractivity contribution in [1.29, 1.82) is 5.53 Å². The number of sulfonamides is 1. The van der Waals surface area contributed by atoms with Crippen LogP contribution in [-0.4, -0.2) is 74.9 Å². The molecule has 0 spiro atoms. The number of amides is 2. The molecule has 0 aliphatic rings. The molecule has 1 unspecified atom stereocenters. The van der Waals surface area contributed by atoms with Gasteiger partial charge in [0.2, 0.25) is 21.4 Å². The molecule has 19 heteroatoms.